The van der Waals surface area contributed by atoms with Crippen LogP contribution in [-0.4, -0.2) is 11.5 Å². The van der Waals surface area contributed by atoms with Crippen molar-refractivity contribution in [3.05, 3.63) is 40.4 Å². The van der Waals surface area contributed by atoms with Gasteiger partial charge in [-0.05, 0) is 24.6 Å². The van der Waals surface area contributed by atoms with Gasteiger partial charge in [0.15, 0.2) is 0 Å². The molecule has 0 radical (unpaired) electrons. The van der Waals surface area contributed by atoms with E-state index in [0.717, 1.165) is 29.7 Å². The summed E-state index contributed by atoms with van der Waals surface area (Å²) in [6.07, 6.45) is 0. The highest BCUT2D eigenvalue weighted by molar-refractivity contribution is 7.15. The number of nitrogens with zero attached hydrogens (tertiary/aromatic N) is 1. The Morgan fingerprint density at radius 3 is 2.40 bits per heavy atom. The number of nitrogens with one attached hydrogen (secondary N) is 1. The van der Waals surface area contributed by atoms with Crippen LogP contribution in [0.3, 0.4) is 0 Å². The minimum atomic E-state index is -0.575. The molecule has 2 rings (SSSR count). The van der Waals surface area contributed by atoms with Gasteiger partial charge in [-0.25, -0.2) is 13.8 Å². The second-order valence-electron chi connectivity index (χ2n) is 4.92. The van der Waals surface area contributed by atoms with E-state index in [4.69, 9.17) is 0 Å². The first-order chi connectivity index (χ1) is 9.51. The average molecular weight is 296 g/mol. The lowest BCUT2D eigenvalue weighted by Gasteiger charge is -2.04. The Kier molecular flexibility index (Phi) is 4.83. The number of aromatic nitrogens is 1. The van der Waals surface area contributed by atoms with Gasteiger partial charge in [0.2, 0.25) is 0 Å². The highest BCUT2D eigenvalue weighted by atomic mass is 32.1. The van der Waals surface area contributed by atoms with Gasteiger partial charge in [-0.15, -0.1) is 11.3 Å². The Labute approximate surface area is 121 Å². The van der Waals surface area contributed by atoms with Gasteiger partial charge in [0.05, 0.1) is 5.69 Å². The largest absolute Gasteiger partial charge is 0.312 e. The Morgan fingerprint density at radius 2 is 1.85 bits per heavy atom. The van der Waals surface area contributed by atoms with Gasteiger partial charge < -0.3 is 5.32 Å². The molecule has 2 nitrogen and oxygen atoms in total. The van der Waals surface area contributed by atoms with Gasteiger partial charge in [-0.1, -0.05) is 20.8 Å². The van der Waals surface area contributed by atoms with E-state index in [1.807, 2.05) is 6.92 Å². The number of halogens is 2. The summed E-state index contributed by atoms with van der Waals surface area (Å²) in [5.74, 6) is -0.865. The van der Waals surface area contributed by atoms with E-state index in [-0.39, 0.29) is 5.92 Å². The van der Waals surface area contributed by atoms with Crippen LogP contribution in [0.4, 0.5) is 8.78 Å². The zero-order valence-electron chi connectivity index (χ0n) is 11.8. The molecule has 0 aliphatic rings. The van der Waals surface area contributed by atoms with E-state index in [2.05, 4.69) is 24.1 Å². The fourth-order valence-corrected chi connectivity index (χ4v) is 3.15. The smallest absolute Gasteiger partial charge is 0.126 e. The van der Waals surface area contributed by atoms with Gasteiger partial charge >= 0.3 is 0 Å². The summed E-state index contributed by atoms with van der Waals surface area (Å²) in [7, 11) is 0. The van der Waals surface area contributed by atoms with Crippen molar-refractivity contribution in [3.63, 3.8) is 0 Å². The first-order valence-corrected chi connectivity index (χ1v) is 7.49. The third kappa shape index (κ3) is 3.41. The Morgan fingerprint density at radius 1 is 1.20 bits per heavy atom. The number of thiazole rings is 1. The van der Waals surface area contributed by atoms with Gasteiger partial charge in [0, 0.05) is 23.1 Å². The minimum absolute atomic E-state index is 0.284. The fraction of sp³-hybridized carbons (Fsp3) is 0.400. The summed E-state index contributed by atoms with van der Waals surface area (Å²) in [6.45, 7) is 7.79. The minimum Gasteiger partial charge on any atom is -0.312 e. The molecule has 0 spiro atoms. The third-order valence-corrected chi connectivity index (χ3v) is 4.04. The van der Waals surface area contributed by atoms with Crippen molar-refractivity contribution in [1.82, 2.24) is 10.3 Å². The van der Waals surface area contributed by atoms with Crippen LogP contribution in [0.15, 0.2) is 18.2 Å². The molecule has 2 aromatic rings. The van der Waals surface area contributed by atoms with Crippen LogP contribution in [0.5, 0.6) is 0 Å². The molecule has 1 aromatic carbocycles. The van der Waals surface area contributed by atoms with Gasteiger partial charge in [0.1, 0.15) is 16.6 Å². The molecule has 0 saturated carbocycles. The van der Waals surface area contributed by atoms with Gasteiger partial charge in [-0.3, -0.25) is 0 Å². The zero-order chi connectivity index (χ0) is 14.7. The first kappa shape index (κ1) is 15.1. The quantitative estimate of drug-likeness (QED) is 0.888. The van der Waals surface area contributed by atoms with Crippen molar-refractivity contribution in [2.24, 2.45) is 0 Å². The Hall–Kier alpha value is -1.33. The second kappa shape index (κ2) is 6.41. The monoisotopic (exact) mass is 296 g/mol. The lowest BCUT2D eigenvalue weighted by Crippen LogP contribution is -2.12. The zero-order valence-corrected chi connectivity index (χ0v) is 12.7. The molecule has 0 amide bonds. The summed E-state index contributed by atoms with van der Waals surface area (Å²) >= 11 is 1.49. The summed E-state index contributed by atoms with van der Waals surface area (Å²) < 4.78 is 26.6. The van der Waals surface area contributed by atoms with E-state index in [9.17, 15) is 8.78 Å². The molecule has 5 heteroatoms. The molecular formula is C15H18F2N2S. The number of hydrogen-bond acceptors (Lipinski definition) is 3. The van der Waals surface area contributed by atoms with Gasteiger partial charge in [-0.2, -0.15) is 0 Å². The molecule has 1 aromatic heterocycles. The first-order valence-electron chi connectivity index (χ1n) is 6.68. The predicted molar refractivity (Wildman–Crippen MR) is 78.9 cm³/mol. The standard InChI is InChI=1S/C15H18F2N2S/c1-4-18-8-13-14(9(2)3)19-15(20-13)10-5-11(16)7-12(17)6-10/h5-7,9,18H,4,8H2,1-3H3. The lowest BCUT2D eigenvalue weighted by atomic mass is 10.1. The molecule has 1 heterocycles. The van der Waals surface area contributed by atoms with Crippen LogP contribution in [0.1, 0.15) is 37.3 Å². The average Bonchev–Trinajstić information content (AvgIpc) is 2.79. The highest BCUT2D eigenvalue weighted by Gasteiger charge is 2.16. The second-order valence-corrected chi connectivity index (χ2v) is 6.00. The van der Waals surface area contributed by atoms with E-state index in [1.54, 1.807) is 0 Å². The Bertz CT molecular complexity index is 573. The molecule has 0 unspecified atom stereocenters. The summed E-state index contributed by atoms with van der Waals surface area (Å²) in [5.41, 5.74) is 1.49. The molecule has 0 atom stereocenters. The van der Waals surface area contributed by atoms with Crippen molar-refractivity contribution in [3.8, 4) is 10.6 Å². The molecule has 0 aliphatic carbocycles. The van der Waals surface area contributed by atoms with Crippen LogP contribution in [-0.2, 0) is 6.54 Å². The molecule has 0 fully saturated rings. The van der Waals surface area contributed by atoms with Crippen molar-refractivity contribution < 1.29 is 8.78 Å². The van der Waals surface area contributed by atoms with Crippen molar-refractivity contribution in [2.45, 2.75) is 33.2 Å². The number of benzene rings is 1. The maximum absolute atomic E-state index is 13.3. The Balaban J connectivity index is 2.41. The lowest BCUT2D eigenvalue weighted by molar-refractivity contribution is 0.584. The summed E-state index contributed by atoms with van der Waals surface area (Å²) in [6, 6.07) is 3.52. The van der Waals surface area contributed by atoms with Crippen LogP contribution in [0.25, 0.3) is 10.6 Å². The van der Waals surface area contributed by atoms with Crippen LogP contribution in [0, 0.1) is 11.6 Å². The number of rotatable bonds is 5. The maximum Gasteiger partial charge on any atom is 0.126 e. The molecule has 0 bridgehead atoms. The molecule has 20 heavy (non-hydrogen) atoms. The van der Waals surface area contributed by atoms with Gasteiger partial charge in [0.25, 0.3) is 0 Å². The maximum atomic E-state index is 13.3. The highest BCUT2D eigenvalue weighted by Crippen LogP contribution is 2.32. The van der Waals surface area contributed by atoms with Crippen molar-refractivity contribution >= 4 is 11.3 Å². The fourth-order valence-electron chi connectivity index (χ4n) is 1.98. The molecule has 1 N–H and O–H groups in total. The molecular weight excluding hydrogens is 278 g/mol. The summed E-state index contributed by atoms with van der Waals surface area (Å²) in [4.78, 5) is 5.69. The van der Waals surface area contributed by atoms with E-state index in [0.29, 0.717) is 10.6 Å². The van der Waals surface area contributed by atoms with Crippen molar-refractivity contribution in [1.29, 1.82) is 0 Å². The third-order valence-electron chi connectivity index (χ3n) is 2.92. The van der Waals surface area contributed by atoms with Crippen LogP contribution in [0.2, 0.25) is 0 Å². The van der Waals surface area contributed by atoms with E-state index >= 15 is 0 Å². The molecule has 0 saturated heterocycles. The van der Waals surface area contributed by atoms with Crippen LogP contribution < -0.4 is 5.32 Å². The topological polar surface area (TPSA) is 24.9 Å². The molecule has 0 aliphatic heterocycles. The number of hydrogen-bond donors (Lipinski definition) is 1. The SMILES string of the molecule is CCNCc1sc(-c2cc(F)cc(F)c2)nc1C(C)C. The molecule has 108 valence electrons. The van der Waals surface area contributed by atoms with E-state index < -0.39 is 11.6 Å². The summed E-state index contributed by atoms with van der Waals surface area (Å²) in [5, 5.41) is 3.94. The normalized spacial score (nSPS) is 11.3. The van der Waals surface area contributed by atoms with Crippen molar-refractivity contribution in [2.75, 3.05) is 6.54 Å². The van der Waals surface area contributed by atoms with E-state index in [1.165, 1.54) is 23.5 Å². The predicted octanol–water partition coefficient (Wildman–Crippen LogP) is 4.32. The van der Waals surface area contributed by atoms with Crippen LogP contribution >= 0.6 is 11.3 Å².